The maximum Gasteiger partial charge on any atom is 1.00 e. The first-order valence-electron chi connectivity index (χ1n) is 8.73. The molecule has 2 aromatic heterocycles. The van der Waals surface area contributed by atoms with E-state index < -0.39 is 23.2 Å². The SMILES string of the molecule is CCn1cc(-n2c(Cl)c(Sc3cccc(C(=O)O)c3F)c3ccc(Cl)c(F)c32)cn1.[H-].[Na+]. The van der Waals surface area contributed by atoms with Gasteiger partial charge in [0.2, 0.25) is 0 Å². The Bertz CT molecular complexity index is 1320. The van der Waals surface area contributed by atoms with Crippen molar-refractivity contribution < 1.29 is 49.7 Å². The average Bonchev–Trinajstić information content (AvgIpc) is 3.29. The second kappa shape index (κ2) is 9.52. The van der Waals surface area contributed by atoms with E-state index in [2.05, 4.69) is 5.10 Å². The normalized spacial score (nSPS) is 11.0. The van der Waals surface area contributed by atoms with E-state index in [-0.39, 0.29) is 51.6 Å². The first-order chi connectivity index (χ1) is 14.3. The van der Waals surface area contributed by atoms with Gasteiger partial charge in [-0.15, -0.1) is 0 Å². The largest absolute Gasteiger partial charge is 1.00 e. The molecule has 0 unspecified atom stereocenters. The molecule has 4 aromatic rings. The molecule has 0 fully saturated rings. The average molecular weight is 492 g/mol. The van der Waals surface area contributed by atoms with Gasteiger partial charge >= 0.3 is 35.5 Å². The molecule has 0 aliphatic rings. The Morgan fingerprint density at radius 2 is 1.97 bits per heavy atom. The predicted molar refractivity (Wildman–Crippen MR) is 113 cm³/mol. The van der Waals surface area contributed by atoms with Crippen LogP contribution in [0.25, 0.3) is 16.6 Å². The number of carbonyl (C=O) groups is 1. The minimum Gasteiger partial charge on any atom is -1.00 e. The Hall–Kier alpha value is -1.55. The molecule has 0 saturated carbocycles. The molecule has 2 heterocycles. The summed E-state index contributed by atoms with van der Waals surface area (Å²) in [6, 6.07) is 7.03. The minimum absolute atomic E-state index is 0. The van der Waals surface area contributed by atoms with Crippen LogP contribution in [0.4, 0.5) is 8.78 Å². The van der Waals surface area contributed by atoms with Gasteiger partial charge in [0.05, 0.1) is 32.9 Å². The van der Waals surface area contributed by atoms with Crippen molar-refractivity contribution in [3.63, 3.8) is 0 Å². The summed E-state index contributed by atoms with van der Waals surface area (Å²) in [5.41, 5.74) is 0.179. The molecule has 0 bridgehead atoms. The zero-order valence-electron chi connectivity index (χ0n) is 17.4. The fourth-order valence-corrected chi connectivity index (χ4v) is 4.67. The second-order valence-corrected chi connectivity index (χ2v) is 8.11. The second-order valence-electron chi connectivity index (χ2n) is 6.29. The van der Waals surface area contributed by atoms with Gasteiger partial charge in [0.15, 0.2) is 11.6 Å². The Morgan fingerprint density at radius 1 is 1.23 bits per heavy atom. The number of rotatable bonds is 5. The van der Waals surface area contributed by atoms with Crippen molar-refractivity contribution in [1.29, 1.82) is 0 Å². The number of carboxylic acids is 1. The number of aromatic nitrogens is 3. The van der Waals surface area contributed by atoms with Crippen molar-refractivity contribution in [3.05, 3.63) is 70.1 Å². The van der Waals surface area contributed by atoms with Crippen molar-refractivity contribution in [2.75, 3.05) is 0 Å². The van der Waals surface area contributed by atoms with Crippen molar-refractivity contribution in [2.24, 2.45) is 0 Å². The van der Waals surface area contributed by atoms with Crippen molar-refractivity contribution >= 4 is 51.8 Å². The summed E-state index contributed by atoms with van der Waals surface area (Å²) in [5, 5.41) is 13.8. The number of carboxylic acid groups (broad SMARTS) is 1. The van der Waals surface area contributed by atoms with Gasteiger partial charge in [0.25, 0.3) is 0 Å². The van der Waals surface area contributed by atoms with Gasteiger partial charge in [0, 0.05) is 23.0 Å². The van der Waals surface area contributed by atoms with E-state index in [0.717, 1.165) is 11.8 Å². The van der Waals surface area contributed by atoms with Gasteiger partial charge < -0.3 is 6.53 Å². The summed E-state index contributed by atoms with van der Waals surface area (Å²) >= 11 is 13.5. The minimum atomic E-state index is -1.38. The first kappa shape index (κ1) is 24.1. The van der Waals surface area contributed by atoms with Crippen LogP contribution in [0.5, 0.6) is 0 Å². The molecule has 4 rings (SSSR count). The number of hydrogen-bond acceptors (Lipinski definition) is 3. The zero-order chi connectivity index (χ0) is 21.6. The van der Waals surface area contributed by atoms with Gasteiger partial charge in [-0.25, -0.2) is 13.6 Å². The number of fused-ring (bicyclic) bond motifs is 1. The summed E-state index contributed by atoms with van der Waals surface area (Å²) < 4.78 is 32.8. The van der Waals surface area contributed by atoms with Crippen LogP contribution in [0, 0.1) is 11.6 Å². The summed E-state index contributed by atoms with van der Waals surface area (Å²) in [5.74, 6) is -2.94. The molecule has 31 heavy (non-hydrogen) atoms. The number of aryl methyl sites for hydroxylation is 1. The molecule has 0 radical (unpaired) electrons. The van der Waals surface area contributed by atoms with E-state index in [1.165, 1.54) is 35.0 Å². The number of aromatic carboxylic acids is 1. The third-order valence-corrected chi connectivity index (χ3v) is 6.44. The first-order valence-corrected chi connectivity index (χ1v) is 10.3. The van der Waals surface area contributed by atoms with E-state index in [1.807, 2.05) is 6.92 Å². The summed E-state index contributed by atoms with van der Waals surface area (Å²) in [6.45, 7) is 2.51. The van der Waals surface area contributed by atoms with Crippen LogP contribution in [0.15, 0.2) is 52.5 Å². The fourth-order valence-electron chi connectivity index (χ4n) is 3.10. The monoisotopic (exact) mass is 491 g/mol. The van der Waals surface area contributed by atoms with Gasteiger partial charge in [-0.3, -0.25) is 9.25 Å². The molecular weight excluding hydrogens is 478 g/mol. The van der Waals surface area contributed by atoms with Crippen molar-refractivity contribution in [3.8, 4) is 5.69 Å². The smallest absolute Gasteiger partial charge is 1.00 e. The maximum absolute atomic E-state index is 15.0. The Morgan fingerprint density at radius 3 is 2.61 bits per heavy atom. The molecule has 0 atom stereocenters. The van der Waals surface area contributed by atoms with Gasteiger partial charge in [-0.05, 0) is 31.2 Å². The molecule has 156 valence electrons. The predicted octanol–water partition coefficient (Wildman–Crippen LogP) is 3.40. The number of halogens is 4. The van der Waals surface area contributed by atoms with Crippen LogP contribution >= 0.6 is 35.0 Å². The summed E-state index contributed by atoms with van der Waals surface area (Å²) in [7, 11) is 0. The molecule has 1 N–H and O–H groups in total. The molecular formula is C20H14Cl2F2N3NaO2S. The Labute approximate surface area is 213 Å². The van der Waals surface area contributed by atoms with Crippen LogP contribution in [0.1, 0.15) is 18.7 Å². The molecule has 5 nitrogen and oxygen atoms in total. The standard InChI is InChI=1S/C20H13Cl2F2N3O2S.Na.H/c1-2-26-9-10(8-25-26)27-17-12(6-7-13(21)16(17)24)18(19(27)22)30-14-5-3-4-11(15(14)23)20(28)29;;/h3-9H,2H2,1H3,(H,28,29);;/q;+1;-1. The van der Waals surface area contributed by atoms with Crippen LogP contribution in [-0.2, 0) is 6.54 Å². The van der Waals surface area contributed by atoms with Gasteiger partial charge in [0.1, 0.15) is 5.15 Å². The van der Waals surface area contributed by atoms with Crippen LogP contribution in [-0.4, -0.2) is 25.4 Å². The van der Waals surface area contributed by atoms with E-state index in [9.17, 15) is 14.3 Å². The third-order valence-electron chi connectivity index (χ3n) is 4.53. The molecule has 0 aliphatic carbocycles. The Kier molecular flexibility index (Phi) is 7.40. The Balaban J connectivity index is 0.00000181. The number of benzene rings is 2. The zero-order valence-corrected chi connectivity index (χ0v) is 20.7. The van der Waals surface area contributed by atoms with E-state index in [1.54, 1.807) is 16.9 Å². The van der Waals surface area contributed by atoms with E-state index in [0.29, 0.717) is 22.5 Å². The molecule has 11 heteroatoms. The molecule has 0 spiro atoms. The molecule has 0 amide bonds. The van der Waals surface area contributed by atoms with Crippen LogP contribution in [0.3, 0.4) is 0 Å². The van der Waals surface area contributed by atoms with E-state index in [4.69, 9.17) is 23.2 Å². The third kappa shape index (κ3) is 4.25. The quantitative estimate of drug-likeness (QED) is 0.434. The van der Waals surface area contributed by atoms with Gasteiger partial charge in [-0.2, -0.15) is 5.10 Å². The van der Waals surface area contributed by atoms with Crippen molar-refractivity contribution in [2.45, 2.75) is 23.3 Å². The fraction of sp³-hybridized carbons (Fsp3) is 0.100. The van der Waals surface area contributed by atoms with Crippen LogP contribution < -0.4 is 29.6 Å². The molecule has 0 aliphatic heterocycles. The number of nitrogens with zero attached hydrogens (tertiary/aromatic N) is 3. The summed E-state index contributed by atoms with van der Waals surface area (Å²) in [4.78, 5) is 11.7. The van der Waals surface area contributed by atoms with Crippen molar-refractivity contribution in [1.82, 2.24) is 14.3 Å². The van der Waals surface area contributed by atoms with Gasteiger partial charge in [-0.1, -0.05) is 41.0 Å². The molecule has 2 aromatic carbocycles. The maximum atomic E-state index is 15.0. The van der Waals surface area contributed by atoms with Crippen LogP contribution in [0.2, 0.25) is 10.2 Å². The summed E-state index contributed by atoms with van der Waals surface area (Å²) in [6.07, 6.45) is 3.24. The topological polar surface area (TPSA) is 60.0 Å². The van der Waals surface area contributed by atoms with E-state index >= 15 is 4.39 Å². The number of hydrogen-bond donors (Lipinski definition) is 1. The molecule has 0 saturated heterocycles.